The first-order chi connectivity index (χ1) is 11.3. The highest BCUT2D eigenvalue weighted by Gasteiger charge is 2.52. The number of amides is 1. The van der Waals surface area contributed by atoms with Crippen molar-refractivity contribution in [1.82, 2.24) is 9.88 Å². The number of H-pyrrole nitrogens is 1. The van der Waals surface area contributed by atoms with Crippen LogP contribution in [0.4, 0.5) is 0 Å². The van der Waals surface area contributed by atoms with Gasteiger partial charge in [0.25, 0.3) is 5.91 Å². The van der Waals surface area contributed by atoms with E-state index in [-0.39, 0.29) is 17.5 Å². The molecule has 3 N–H and O–H groups in total. The Morgan fingerprint density at radius 1 is 1.33 bits per heavy atom. The molecular formula is C17H24N2O5. The highest BCUT2D eigenvalue weighted by atomic mass is 16.5. The summed E-state index contributed by atoms with van der Waals surface area (Å²) in [6.45, 7) is 3.85. The molecule has 7 heteroatoms. The van der Waals surface area contributed by atoms with E-state index in [0.717, 1.165) is 12.8 Å². The average Bonchev–Trinajstić information content (AvgIpc) is 3.04. The van der Waals surface area contributed by atoms with Crippen LogP contribution in [0, 0.1) is 13.8 Å². The molecule has 24 heavy (non-hydrogen) atoms. The number of aromatic carboxylic acids is 1. The monoisotopic (exact) mass is 336 g/mol. The third kappa shape index (κ3) is 2.43. The molecule has 1 saturated carbocycles. The summed E-state index contributed by atoms with van der Waals surface area (Å²) in [5, 5.41) is 19.3. The van der Waals surface area contributed by atoms with Crippen molar-refractivity contribution in [3.63, 3.8) is 0 Å². The highest BCUT2D eigenvalue weighted by molar-refractivity contribution is 6.00. The van der Waals surface area contributed by atoms with E-state index in [9.17, 15) is 19.8 Å². The number of aromatic amines is 1. The number of hydrogen-bond donors (Lipinski definition) is 3. The van der Waals surface area contributed by atoms with Gasteiger partial charge in [-0.1, -0.05) is 0 Å². The second kappa shape index (κ2) is 5.89. The van der Waals surface area contributed by atoms with Crippen molar-refractivity contribution in [3.05, 3.63) is 22.5 Å². The van der Waals surface area contributed by atoms with Gasteiger partial charge in [0, 0.05) is 19.3 Å². The van der Waals surface area contributed by atoms with Gasteiger partial charge < -0.3 is 24.8 Å². The largest absolute Gasteiger partial charge is 0.478 e. The first kappa shape index (κ1) is 17.0. The molecule has 0 bridgehead atoms. The smallest absolute Gasteiger partial charge is 0.337 e. The minimum absolute atomic E-state index is 0.152. The first-order valence-corrected chi connectivity index (χ1v) is 8.27. The topological polar surface area (TPSA) is 103 Å². The number of hydrogen-bond acceptors (Lipinski definition) is 4. The van der Waals surface area contributed by atoms with Crippen molar-refractivity contribution in [2.75, 3.05) is 13.7 Å². The predicted molar refractivity (Wildman–Crippen MR) is 86.3 cm³/mol. The SMILES string of the molecule is CO[C@@]12CC[C@H](O)C[C@@H]1N(C(=O)c1[nH]c(C)c(C(=O)O)c1C)CC2. The van der Waals surface area contributed by atoms with E-state index in [1.54, 1.807) is 25.9 Å². The molecule has 1 amide bonds. The van der Waals surface area contributed by atoms with E-state index in [0.29, 0.717) is 36.3 Å². The second-order valence-electron chi connectivity index (χ2n) is 6.89. The maximum atomic E-state index is 13.0. The van der Waals surface area contributed by atoms with Gasteiger partial charge in [0.05, 0.1) is 23.3 Å². The maximum Gasteiger partial charge on any atom is 0.337 e. The molecule has 3 atom stereocenters. The zero-order valence-corrected chi connectivity index (χ0v) is 14.3. The molecule has 0 unspecified atom stereocenters. The third-order valence-corrected chi connectivity index (χ3v) is 5.69. The van der Waals surface area contributed by atoms with Crippen LogP contribution in [0.25, 0.3) is 0 Å². The summed E-state index contributed by atoms with van der Waals surface area (Å²) in [6, 6.07) is -0.185. The molecule has 7 nitrogen and oxygen atoms in total. The molecule has 1 aromatic rings. The summed E-state index contributed by atoms with van der Waals surface area (Å²) in [5.74, 6) is -1.26. The number of nitrogens with one attached hydrogen (secondary N) is 1. The van der Waals surface area contributed by atoms with Gasteiger partial charge in [-0.25, -0.2) is 4.79 Å². The average molecular weight is 336 g/mol. The quantitative estimate of drug-likeness (QED) is 0.776. The molecule has 132 valence electrons. The number of likely N-dealkylation sites (tertiary alicyclic amines) is 1. The Morgan fingerprint density at radius 3 is 2.62 bits per heavy atom. The molecule has 1 aliphatic heterocycles. The van der Waals surface area contributed by atoms with Crippen molar-refractivity contribution in [2.24, 2.45) is 0 Å². The van der Waals surface area contributed by atoms with Gasteiger partial charge in [0.2, 0.25) is 0 Å². The lowest BCUT2D eigenvalue weighted by molar-refractivity contribution is -0.0824. The summed E-state index contributed by atoms with van der Waals surface area (Å²) >= 11 is 0. The van der Waals surface area contributed by atoms with Crippen molar-refractivity contribution in [2.45, 2.75) is 57.3 Å². The Labute approximate surface area is 140 Å². The van der Waals surface area contributed by atoms with Gasteiger partial charge in [0.15, 0.2) is 0 Å². The molecule has 0 aromatic carbocycles. The van der Waals surface area contributed by atoms with Crippen LogP contribution in [0.15, 0.2) is 0 Å². The highest BCUT2D eigenvalue weighted by Crippen LogP contribution is 2.43. The normalized spacial score (nSPS) is 29.6. The number of carbonyl (C=O) groups is 2. The molecular weight excluding hydrogens is 312 g/mol. The van der Waals surface area contributed by atoms with Gasteiger partial charge in [0.1, 0.15) is 5.69 Å². The Bertz CT molecular complexity index is 683. The lowest BCUT2D eigenvalue weighted by atomic mass is 9.79. The Hall–Kier alpha value is -1.86. The fraction of sp³-hybridized carbons (Fsp3) is 0.647. The summed E-state index contributed by atoms with van der Waals surface area (Å²) in [6.07, 6.45) is 2.19. The number of ether oxygens (including phenoxy) is 1. The molecule has 1 saturated heterocycles. The number of carbonyl (C=O) groups excluding carboxylic acids is 1. The summed E-state index contributed by atoms with van der Waals surface area (Å²) < 4.78 is 5.76. The van der Waals surface area contributed by atoms with Gasteiger partial charge in [-0.2, -0.15) is 0 Å². The number of methoxy groups -OCH3 is 1. The number of rotatable bonds is 3. The standard InChI is InChI=1S/C17H24N2O5/c1-9-13(16(22)23)10(2)18-14(9)15(21)19-7-6-17(24-3)5-4-11(20)8-12(17)19/h11-12,18,20H,4-8H2,1-3H3,(H,22,23)/t11-,12-,17+/m0/s1. The lowest BCUT2D eigenvalue weighted by Gasteiger charge is -2.42. The van der Waals surface area contributed by atoms with Gasteiger partial charge in [-0.05, 0) is 45.1 Å². The zero-order chi connectivity index (χ0) is 17.6. The predicted octanol–water partition coefficient (Wildman–Crippen LogP) is 1.47. The van der Waals surface area contributed by atoms with E-state index in [2.05, 4.69) is 4.98 Å². The molecule has 2 heterocycles. The molecule has 0 radical (unpaired) electrons. The van der Waals surface area contributed by atoms with Crippen LogP contribution >= 0.6 is 0 Å². The Balaban J connectivity index is 1.93. The molecule has 0 spiro atoms. The van der Waals surface area contributed by atoms with Crippen LogP contribution in [0.5, 0.6) is 0 Å². The van der Waals surface area contributed by atoms with Crippen molar-refractivity contribution in [3.8, 4) is 0 Å². The number of aryl methyl sites for hydroxylation is 1. The van der Waals surface area contributed by atoms with Crippen LogP contribution in [0.3, 0.4) is 0 Å². The van der Waals surface area contributed by atoms with Crippen molar-refractivity contribution in [1.29, 1.82) is 0 Å². The third-order valence-electron chi connectivity index (χ3n) is 5.69. The van der Waals surface area contributed by atoms with Gasteiger partial charge in [-0.15, -0.1) is 0 Å². The van der Waals surface area contributed by atoms with Crippen molar-refractivity contribution < 1.29 is 24.5 Å². The summed E-state index contributed by atoms with van der Waals surface area (Å²) in [5.41, 5.74) is 0.997. The van der Waals surface area contributed by atoms with E-state index in [4.69, 9.17) is 4.74 Å². The van der Waals surface area contributed by atoms with E-state index in [1.165, 1.54) is 0 Å². The maximum absolute atomic E-state index is 13.0. The molecule has 1 aromatic heterocycles. The number of nitrogens with zero attached hydrogens (tertiary/aromatic N) is 1. The zero-order valence-electron chi connectivity index (χ0n) is 14.3. The summed E-state index contributed by atoms with van der Waals surface area (Å²) in [7, 11) is 1.66. The molecule has 2 aliphatic rings. The van der Waals surface area contributed by atoms with Crippen LogP contribution in [0.1, 0.15) is 57.8 Å². The van der Waals surface area contributed by atoms with Crippen LogP contribution < -0.4 is 0 Å². The van der Waals surface area contributed by atoms with Gasteiger partial charge >= 0.3 is 5.97 Å². The number of fused-ring (bicyclic) bond motifs is 1. The van der Waals surface area contributed by atoms with E-state index < -0.39 is 17.7 Å². The number of aliphatic hydroxyl groups is 1. The lowest BCUT2D eigenvalue weighted by Crippen LogP contribution is -2.52. The number of aromatic nitrogens is 1. The minimum Gasteiger partial charge on any atom is -0.478 e. The van der Waals surface area contributed by atoms with Crippen LogP contribution in [-0.2, 0) is 4.74 Å². The number of aliphatic hydroxyl groups excluding tert-OH is 1. The van der Waals surface area contributed by atoms with Gasteiger partial charge in [-0.3, -0.25) is 4.79 Å². The van der Waals surface area contributed by atoms with E-state index in [1.807, 2.05) is 0 Å². The number of carboxylic acid groups (broad SMARTS) is 1. The summed E-state index contributed by atoms with van der Waals surface area (Å²) in [4.78, 5) is 29.1. The molecule has 2 fully saturated rings. The Kier molecular flexibility index (Phi) is 4.17. The van der Waals surface area contributed by atoms with Crippen LogP contribution in [0.2, 0.25) is 0 Å². The fourth-order valence-corrected chi connectivity index (χ4v) is 4.35. The first-order valence-electron chi connectivity index (χ1n) is 8.27. The van der Waals surface area contributed by atoms with Crippen molar-refractivity contribution >= 4 is 11.9 Å². The second-order valence-corrected chi connectivity index (χ2v) is 6.89. The minimum atomic E-state index is -1.04. The van der Waals surface area contributed by atoms with E-state index >= 15 is 0 Å². The Morgan fingerprint density at radius 2 is 2.04 bits per heavy atom. The van der Waals surface area contributed by atoms with Crippen LogP contribution in [-0.4, -0.2) is 63.4 Å². The number of carboxylic acids is 1. The molecule has 1 aliphatic carbocycles. The fourth-order valence-electron chi connectivity index (χ4n) is 4.35. The molecule has 3 rings (SSSR count).